The van der Waals surface area contributed by atoms with E-state index in [0.717, 1.165) is 16.2 Å². The number of rotatable bonds is 6. The maximum absolute atomic E-state index is 13.1. The van der Waals surface area contributed by atoms with Crippen LogP contribution in [-0.2, 0) is 21.5 Å². The van der Waals surface area contributed by atoms with Crippen LogP contribution in [0.3, 0.4) is 0 Å². The molecular weight excluding hydrogens is 386 g/mol. The van der Waals surface area contributed by atoms with Crippen molar-refractivity contribution in [2.24, 2.45) is 0 Å². The van der Waals surface area contributed by atoms with E-state index in [9.17, 15) is 14.4 Å². The maximum atomic E-state index is 13.1. The fraction of sp³-hybridized carbons (Fsp3) is 0.318. The molecular formula is C22H23N3O5. The summed E-state index contributed by atoms with van der Waals surface area (Å²) in [5.41, 5.74) is 0.496. The zero-order valence-electron chi connectivity index (χ0n) is 16.6. The molecule has 2 aliphatic rings. The molecule has 0 bridgehead atoms. The Balaban J connectivity index is 1.37. The minimum Gasteiger partial charge on any atom is -0.497 e. The third-order valence-corrected chi connectivity index (χ3v) is 5.45. The highest BCUT2D eigenvalue weighted by Crippen LogP contribution is 2.40. The number of amides is 4. The first-order valence-corrected chi connectivity index (χ1v) is 9.79. The van der Waals surface area contributed by atoms with E-state index in [0.29, 0.717) is 37.3 Å². The molecule has 8 nitrogen and oxygen atoms in total. The van der Waals surface area contributed by atoms with E-state index in [4.69, 9.17) is 9.47 Å². The molecule has 1 saturated heterocycles. The van der Waals surface area contributed by atoms with Gasteiger partial charge in [0.05, 0.1) is 13.7 Å². The van der Waals surface area contributed by atoms with Crippen LogP contribution in [0.2, 0.25) is 0 Å². The van der Waals surface area contributed by atoms with Gasteiger partial charge in [0.1, 0.15) is 18.0 Å². The minimum absolute atomic E-state index is 0.310. The highest BCUT2D eigenvalue weighted by atomic mass is 16.5. The largest absolute Gasteiger partial charge is 0.497 e. The molecule has 2 aromatic rings. The first kappa shape index (κ1) is 19.8. The van der Waals surface area contributed by atoms with E-state index in [1.807, 2.05) is 30.3 Å². The van der Waals surface area contributed by atoms with Crippen LogP contribution in [0.25, 0.3) is 0 Å². The number of benzene rings is 2. The van der Waals surface area contributed by atoms with E-state index < -0.39 is 17.5 Å². The standard InChI is InChI=1S/C22H23N3O5/c1-29-16-8-6-15(7-9-16)10-12-23-19(26)14-25-20(27)22(24-21(25)28)11-13-30-18-5-3-2-4-17(18)22/h2-9H,10-14H2,1H3,(H,23,26)(H,24,28)/t22-/m1/s1. The van der Waals surface area contributed by atoms with Crippen LogP contribution in [0.15, 0.2) is 48.5 Å². The van der Waals surface area contributed by atoms with Gasteiger partial charge in [0.25, 0.3) is 5.91 Å². The summed E-state index contributed by atoms with van der Waals surface area (Å²) in [4.78, 5) is 39.0. The predicted molar refractivity (Wildman–Crippen MR) is 108 cm³/mol. The molecule has 1 spiro atoms. The second kappa shape index (κ2) is 8.06. The molecule has 1 fully saturated rings. The Bertz CT molecular complexity index is 975. The summed E-state index contributed by atoms with van der Waals surface area (Å²) in [6.07, 6.45) is 0.953. The molecule has 2 heterocycles. The van der Waals surface area contributed by atoms with Gasteiger partial charge in [-0.15, -0.1) is 0 Å². The average Bonchev–Trinajstić information content (AvgIpc) is 2.99. The molecule has 8 heteroatoms. The number of nitrogens with one attached hydrogen (secondary N) is 2. The van der Waals surface area contributed by atoms with Gasteiger partial charge in [-0.1, -0.05) is 30.3 Å². The van der Waals surface area contributed by atoms with E-state index in [2.05, 4.69) is 10.6 Å². The number of para-hydroxylation sites is 1. The van der Waals surface area contributed by atoms with Crippen molar-refractivity contribution < 1.29 is 23.9 Å². The van der Waals surface area contributed by atoms with Crippen LogP contribution in [0, 0.1) is 0 Å². The number of hydrogen-bond donors (Lipinski definition) is 2. The highest BCUT2D eigenvalue weighted by Gasteiger charge is 2.55. The lowest BCUT2D eigenvalue weighted by atomic mass is 9.84. The number of urea groups is 1. The van der Waals surface area contributed by atoms with Crippen LogP contribution < -0.4 is 20.1 Å². The lowest BCUT2D eigenvalue weighted by Gasteiger charge is -2.33. The molecule has 0 saturated carbocycles. The van der Waals surface area contributed by atoms with Crippen molar-refractivity contribution >= 4 is 17.8 Å². The quantitative estimate of drug-likeness (QED) is 0.706. The fourth-order valence-electron chi connectivity index (χ4n) is 3.85. The number of nitrogens with zero attached hydrogens (tertiary/aromatic N) is 1. The topological polar surface area (TPSA) is 97.0 Å². The second-order valence-corrected chi connectivity index (χ2v) is 7.27. The maximum Gasteiger partial charge on any atom is 0.325 e. The molecule has 30 heavy (non-hydrogen) atoms. The predicted octanol–water partition coefficient (Wildman–Crippen LogP) is 1.58. The first-order valence-electron chi connectivity index (χ1n) is 9.79. The Kier molecular flexibility index (Phi) is 5.31. The summed E-state index contributed by atoms with van der Waals surface area (Å²) >= 11 is 0. The van der Waals surface area contributed by atoms with Crippen molar-refractivity contribution in [3.05, 3.63) is 59.7 Å². The van der Waals surface area contributed by atoms with Gasteiger partial charge < -0.3 is 20.1 Å². The fourth-order valence-corrected chi connectivity index (χ4v) is 3.85. The highest BCUT2D eigenvalue weighted by molar-refractivity contribution is 6.09. The van der Waals surface area contributed by atoms with Crippen molar-refractivity contribution in [3.63, 3.8) is 0 Å². The summed E-state index contributed by atoms with van der Waals surface area (Å²) in [7, 11) is 1.61. The first-order chi connectivity index (χ1) is 14.5. The van der Waals surface area contributed by atoms with Gasteiger partial charge in [0.2, 0.25) is 5.91 Å². The van der Waals surface area contributed by atoms with Gasteiger partial charge in [-0.05, 0) is 30.2 Å². The number of hydrogen-bond acceptors (Lipinski definition) is 5. The smallest absolute Gasteiger partial charge is 0.325 e. The number of carbonyl (C=O) groups excluding carboxylic acids is 3. The Morgan fingerprint density at radius 1 is 1.20 bits per heavy atom. The summed E-state index contributed by atoms with van der Waals surface area (Å²) in [5, 5.41) is 5.56. The van der Waals surface area contributed by atoms with Crippen LogP contribution in [0.5, 0.6) is 11.5 Å². The van der Waals surface area contributed by atoms with E-state index in [1.165, 1.54) is 0 Å². The lowest BCUT2D eigenvalue weighted by molar-refractivity contribution is -0.136. The molecule has 4 rings (SSSR count). The molecule has 0 aromatic heterocycles. The molecule has 0 unspecified atom stereocenters. The third-order valence-electron chi connectivity index (χ3n) is 5.45. The summed E-state index contributed by atoms with van der Waals surface area (Å²) in [6.45, 7) is 0.389. The zero-order valence-corrected chi connectivity index (χ0v) is 16.6. The van der Waals surface area contributed by atoms with Crippen molar-refractivity contribution in [2.45, 2.75) is 18.4 Å². The van der Waals surface area contributed by atoms with Crippen LogP contribution >= 0.6 is 0 Å². The second-order valence-electron chi connectivity index (χ2n) is 7.27. The number of ether oxygens (including phenoxy) is 2. The van der Waals surface area contributed by atoms with E-state index in [-0.39, 0.29) is 12.5 Å². The number of carbonyl (C=O) groups is 3. The van der Waals surface area contributed by atoms with Crippen LogP contribution in [-0.4, -0.2) is 49.6 Å². The van der Waals surface area contributed by atoms with Gasteiger partial charge in [-0.3, -0.25) is 14.5 Å². The third kappa shape index (κ3) is 3.56. The lowest BCUT2D eigenvalue weighted by Crippen LogP contribution is -2.48. The van der Waals surface area contributed by atoms with Crippen LogP contribution in [0.1, 0.15) is 17.5 Å². The SMILES string of the molecule is COc1ccc(CCNC(=O)CN2C(=O)N[C@@]3(CCOc4ccccc43)C2=O)cc1. The average molecular weight is 409 g/mol. The zero-order chi connectivity index (χ0) is 21.1. The molecule has 156 valence electrons. The monoisotopic (exact) mass is 409 g/mol. The molecule has 0 radical (unpaired) electrons. The van der Waals surface area contributed by atoms with E-state index in [1.54, 1.807) is 25.3 Å². The van der Waals surface area contributed by atoms with E-state index >= 15 is 0 Å². The summed E-state index contributed by atoms with van der Waals surface area (Å²) in [6, 6.07) is 14.1. The Morgan fingerprint density at radius 2 is 1.97 bits per heavy atom. The molecule has 2 N–H and O–H groups in total. The number of fused-ring (bicyclic) bond motifs is 2. The normalized spacial score (nSPS) is 19.8. The summed E-state index contributed by atoms with van der Waals surface area (Å²) in [5.74, 6) is 0.533. The van der Waals surface area contributed by atoms with Crippen molar-refractivity contribution in [3.8, 4) is 11.5 Å². The molecule has 2 aliphatic heterocycles. The Labute approximate surface area is 174 Å². The number of imide groups is 1. The van der Waals surface area contributed by atoms with Gasteiger partial charge in [-0.2, -0.15) is 0 Å². The van der Waals surface area contributed by atoms with Crippen LogP contribution in [0.4, 0.5) is 4.79 Å². The van der Waals surface area contributed by atoms with Gasteiger partial charge in [-0.25, -0.2) is 4.79 Å². The van der Waals surface area contributed by atoms with Crippen molar-refractivity contribution in [1.82, 2.24) is 15.5 Å². The minimum atomic E-state index is -1.17. The number of methoxy groups -OCH3 is 1. The van der Waals surface area contributed by atoms with Gasteiger partial charge in [0, 0.05) is 18.5 Å². The van der Waals surface area contributed by atoms with Gasteiger partial charge in [0.15, 0.2) is 5.54 Å². The summed E-state index contributed by atoms with van der Waals surface area (Å²) < 4.78 is 10.7. The Hall–Kier alpha value is -3.55. The van der Waals surface area contributed by atoms with Gasteiger partial charge >= 0.3 is 6.03 Å². The molecule has 0 aliphatic carbocycles. The Morgan fingerprint density at radius 3 is 2.73 bits per heavy atom. The van der Waals surface area contributed by atoms with Crippen molar-refractivity contribution in [2.75, 3.05) is 26.8 Å². The molecule has 1 atom stereocenters. The molecule has 2 aromatic carbocycles. The molecule has 4 amide bonds. The van der Waals surface area contributed by atoms with Crippen molar-refractivity contribution in [1.29, 1.82) is 0 Å².